The Labute approximate surface area is 213 Å². The minimum absolute atomic E-state index is 0.283. The summed E-state index contributed by atoms with van der Waals surface area (Å²) in [6.45, 7) is 20.8. The Kier molecular flexibility index (Phi) is 13.8. The van der Waals surface area contributed by atoms with Gasteiger partial charge in [0.25, 0.3) is 0 Å². The topological polar surface area (TPSA) is 56.8 Å². The van der Waals surface area contributed by atoms with Crippen LogP contribution in [0.2, 0.25) is 0 Å². The highest BCUT2D eigenvalue weighted by Gasteiger charge is 2.35. The van der Waals surface area contributed by atoms with Crippen molar-refractivity contribution in [3.8, 4) is 0 Å². The van der Waals surface area contributed by atoms with Gasteiger partial charge < -0.3 is 24.8 Å². The number of nitrogens with zero attached hydrogens (tertiary/aromatic N) is 5. The maximum absolute atomic E-state index is 6.41. The fraction of sp³-hybridized carbons (Fsp3) is 0.571. The molecule has 0 bridgehead atoms. The second-order valence-corrected chi connectivity index (χ2v) is 8.11. The van der Waals surface area contributed by atoms with Crippen LogP contribution in [0.5, 0.6) is 0 Å². The van der Waals surface area contributed by atoms with Crippen molar-refractivity contribution in [2.45, 2.75) is 54.0 Å². The highest BCUT2D eigenvalue weighted by Crippen LogP contribution is 2.30. The number of piperazine rings is 1. The summed E-state index contributed by atoms with van der Waals surface area (Å²) in [5.41, 5.74) is 2.20. The van der Waals surface area contributed by atoms with E-state index in [1.54, 1.807) is 6.33 Å². The zero-order valence-electron chi connectivity index (χ0n) is 23.6. The molecule has 196 valence electrons. The number of rotatable bonds is 6. The van der Waals surface area contributed by atoms with Gasteiger partial charge in [0.05, 0.1) is 22.3 Å². The molecule has 1 aromatic heterocycles. The number of hydrogen-bond acceptors (Lipinski definition) is 7. The molecule has 0 radical (unpaired) electrons. The Morgan fingerprint density at radius 1 is 1.23 bits per heavy atom. The van der Waals surface area contributed by atoms with E-state index >= 15 is 0 Å². The molecule has 1 N–H and O–H groups in total. The number of aromatic nitrogens is 2. The zero-order valence-corrected chi connectivity index (χ0v) is 23.6. The van der Waals surface area contributed by atoms with Gasteiger partial charge in [0.15, 0.2) is 5.76 Å². The molecule has 1 unspecified atom stereocenters. The lowest BCUT2D eigenvalue weighted by atomic mass is 10.1. The van der Waals surface area contributed by atoms with Gasteiger partial charge >= 0.3 is 0 Å². The molecular formula is C28H48N6O. The van der Waals surface area contributed by atoms with Gasteiger partial charge in [-0.15, -0.1) is 0 Å². The van der Waals surface area contributed by atoms with Crippen molar-refractivity contribution in [2.75, 3.05) is 59.2 Å². The average Bonchev–Trinajstić information content (AvgIpc) is 2.90. The minimum Gasteiger partial charge on any atom is -0.488 e. The van der Waals surface area contributed by atoms with E-state index in [9.17, 15) is 0 Å². The molecule has 1 aromatic rings. The van der Waals surface area contributed by atoms with Gasteiger partial charge in [-0.25, -0.2) is 9.97 Å². The summed E-state index contributed by atoms with van der Waals surface area (Å²) in [6.07, 6.45) is 11.1. The third kappa shape index (κ3) is 7.85. The van der Waals surface area contributed by atoms with Crippen LogP contribution in [0, 0.1) is 0 Å². The Bertz CT molecular complexity index is 966. The SMILES string of the molecule is C=C(/C=C/CN(C)C)N1CCN2C(=C\CC)/C(=c3/c(NC)ncn/c3=C/C)OCC2C1.CC.CC. The first-order valence-corrected chi connectivity index (χ1v) is 13.0. The van der Waals surface area contributed by atoms with Gasteiger partial charge in [-0.2, -0.15) is 0 Å². The molecule has 35 heavy (non-hydrogen) atoms. The predicted molar refractivity (Wildman–Crippen MR) is 150 cm³/mol. The number of nitrogens with one attached hydrogen (secondary N) is 1. The van der Waals surface area contributed by atoms with Gasteiger partial charge in [-0.3, -0.25) is 0 Å². The smallest absolute Gasteiger partial charge is 0.155 e. The van der Waals surface area contributed by atoms with Crippen LogP contribution in [0.1, 0.15) is 48.0 Å². The Morgan fingerprint density at radius 2 is 1.94 bits per heavy atom. The third-order valence-electron chi connectivity index (χ3n) is 5.64. The molecule has 7 heteroatoms. The first-order valence-electron chi connectivity index (χ1n) is 13.0. The number of likely N-dealkylation sites (N-methyl/N-ethyl adjacent to an activating group) is 1. The summed E-state index contributed by atoms with van der Waals surface area (Å²) >= 11 is 0. The number of morpholine rings is 1. The van der Waals surface area contributed by atoms with Gasteiger partial charge in [0.1, 0.15) is 18.8 Å². The summed E-state index contributed by atoms with van der Waals surface area (Å²) in [5, 5.41) is 5.02. The monoisotopic (exact) mass is 484 g/mol. The maximum atomic E-state index is 6.41. The largest absolute Gasteiger partial charge is 0.488 e. The molecule has 2 saturated heterocycles. The van der Waals surface area contributed by atoms with Crippen molar-refractivity contribution >= 4 is 17.7 Å². The highest BCUT2D eigenvalue weighted by atomic mass is 16.5. The second-order valence-electron chi connectivity index (χ2n) is 8.11. The fourth-order valence-corrected chi connectivity index (χ4v) is 4.10. The number of ether oxygens (including phenoxy) is 1. The molecule has 2 aliphatic heterocycles. The molecule has 0 aliphatic carbocycles. The van der Waals surface area contributed by atoms with Crippen molar-refractivity contribution in [1.29, 1.82) is 0 Å². The van der Waals surface area contributed by atoms with Crippen molar-refractivity contribution in [1.82, 2.24) is 24.7 Å². The van der Waals surface area contributed by atoms with Crippen LogP contribution >= 0.6 is 0 Å². The number of hydrogen-bond donors (Lipinski definition) is 1. The molecule has 0 spiro atoms. The van der Waals surface area contributed by atoms with Gasteiger partial charge in [0, 0.05) is 38.9 Å². The Hall–Kier alpha value is -2.80. The van der Waals surface area contributed by atoms with Crippen molar-refractivity contribution in [3.63, 3.8) is 0 Å². The molecular weight excluding hydrogens is 436 g/mol. The van der Waals surface area contributed by atoms with Crippen LogP contribution in [-0.2, 0) is 4.74 Å². The van der Waals surface area contributed by atoms with E-state index < -0.39 is 0 Å². The summed E-state index contributed by atoms with van der Waals surface area (Å²) in [4.78, 5) is 15.9. The van der Waals surface area contributed by atoms with Gasteiger partial charge in [-0.1, -0.05) is 59.4 Å². The lowest BCUT2D eigenvalue weighted by Crippen LogP contribution is -2.56. The summed E-state index contributed by atoms with van der Waals surface area (Å²) < 4.78 is 6.41. The summed E-state index contributed by atoms with van der Waals surface area (Å²) in [5.74, 6) is 1.66. The first-order chi connectivity index (χ1) is 17.0. The highest BCUT2D eigenvalue weighted by molar-refractivity contribution is 5.63. The van der Waals surface area contributed by atoms with Crippen LogP contribution in [0.25, 0.3) is 11.8 Å². The summed E-state index contributed by atoms with van der Waals surface area (Å²) in [6, 6.07) is 0.283. The Balaban J connectivity index is 0.00000145. The molecule has 3 heterocycles. The quantitative estimate of drug-likeness (QED) is 0.621. The van der Waals surface area contributed by atoms with E-state index in [2.05, 4.69) is 75.8 Å². The lowest BCUT2D eigenvalue weighted by molar-refractivity contribution is 0.0519. The van der Waals surface area contributed by atoms with E-state index in [0.717, 1.165) is 66.1 Å². The lowest BCUT2D eigenvalue weighted by Gasteiger charge is -2.47. The van der Waals surface area contributed by atoms with E-state index in [1.165, 1.54) is 0 Å². The predicted octanol–water partition coefficient (Wildman–Crippen LogP) is 3.42. The zero-order chi connectivity index (χ0) is 26.4. The van der Waals surface area contributed by atoms with Crippen molar-refractivity contribution in [2.24, 2.45) is 0 Å². The standard InChI is InChI=1S/C24H36N6O.2C2H6/c1-7-10-21-23(22-20(8-2)26-17-27-24(22)25-4)31-16-19-15-29(13-14-30(19)21)18(3)11-9-12-28(5)6;2*1-2/h8-11,17,19H,3,7,12-16H2,1-2,4-6H3,(H,25,26,27);2*1-2H3/b11-9+,20-8+,21-10-,23-22-;;. The molecule has 0 amide bonds. The second kappa shape index (κ2) is 16.0. The minimum atomic E-state index is 0.283. The molecule has 0 aromatic carbocycles. The van der Waals surface area contributed by atoms with Crippen molar-refractivity contribution in [3.05, 3.63) is 53.1 Å². The number of allylic oxidation sites excluding steroid dienone is 2. The molecule has 3 rings (SSSR count). The molecule has 2 fully saturated rings. The fourth-order valence-electron chi connectivity index (χ4n) is 4.10. The normalized spacial score (nSPS) is 20.6. The van der Waals surface area contributed by atoms with E-state index in [0.29, 0.717) is 6.61 Å². The number of fused-ring (bicyclic) bond motifs is 1. The average molecular weight is 485 g/mol. The van der Waals surface area contributed by atoms with Crippen LogP contribution in [0.15, 0.2) is 42.5 Å². The first kappa shape index (κ1) is 30.2. The van der Waals surface area contributed by atoms with Crippen LogP contribution < -0.4 is 15.9 Å². The van der Waals surface area contributed by atoms with Crippen LogP contribution in [0.4, 0.5) is 5.82 Å². The van der Waals surface area contributed by atoms with E-state index in [1.807, 2.05) is 47.7 Å². The van der Waals surface area contributed by atoms with Gasteiger partial charge in [-0.05, 0) is 33.5 Å². The molecule has 7 nitrogen and oxygen atoms in total. The third-order valence-corrected chi connectivity index (χ3v) is 5.64. The summed E-state index contributed by atoms with van der Waals surface area (Å²) in [7, 11) is 6.02. The van der Waals surface area contributed by atoms with Crippen LogP contribution in [-0.4, -0.2) is 84.6 Å². The molecule has 2 aliphatic rings. The van der Waals surface area contributed by atoms with Crippen molar-refractivity contribution < 1.29 is 4.74 Å². The van der Waals surface area contributed by atoms with Crippen LogP contribution in [0.3, 0.4) is 0 Å². The Morgan fingerprint density at radius 3 is 2.54 bits per heavy atom. The number of anilines is 1. The van der Waals surface area contributed by atoms with E-state index in [4.69, 9.17) is 4.74 Å². The van der Waals surface area contributed by atoms with Gasteiger partial charge in [0.2, 0.25) is 0 Å². The van der Waals surface area contributed by atoms with E-state index in [-0.39, 0.29) is 6.04 Å². The molecule has 0 saturated carbocycles. The maximum Gasteiger partial charge on any atom is 0.155 e. The molecule has 1 atom stereocenters.